The average molecular weight is 347 g/mol. The maximum Gasteiger partial charge on any atom is 0.185 e. The van der Waals surface area contributed by atoms with Gasteiger partial charge in [-0.05, 0) is 43.2 Å². The molecule has 1 aliphatic rings. The van der Waals surface area contributed by atoms with Gasteiger partial charge >= 0.3 is 0 Å². The molecule has 4 rings (SSSR count). The van der Waals surface area contributed by atoms with Crippen LogP contribution in [0, 0.1) is 23.3 Å². The summed E-state index contributed by atoms with van der Waals surface area (Å²) in [5.41, 5.74) is 0.0993. The van der Waals surface area contributed by atoms with E-state index in [1.54, 1.807) is 4.90 Å². The van der Waals surface area contributed by atoms with E-state index in [-0.39, 0.29) is 11.1 Å². The lowest BCUT2D eigenvalue weighted by molar-refractivity contribution is 0.515. The molecule has 1 saturated heterocycles. The predicted octanol–water partition coefficient (Wildman–Crippen LogP) is 4.53. The van der Waals surface area contributed by atoms with Gasteiger partial charge in [0.15, 0.2) is 11.6 Å². The van der Waals surface area contributed by atoms with E-state index < -0.39 is 29.3 Å². The van der Waals surface area contributed by atoms with Crippen LogP contribution in [0.15, 0.2) is 36.7 Å². The fourth-order valence-corrected chi connectivity index (χ4v) is 3.40. The van der Waals surface area contributed by atoms with Gasteiger partial charge in [-0.25, -0.2) is 27.5 Å². The Hall–Kier alpha value is -2.70. The van der Waals surface area contributed by atoms with Crippen molar-refractivity contribution in [2.24, 2.45) is 0 Å². The van der Waals surface area contributed by atoms with Crippen LogP contribution in [-0.4, -0.2) is 16.5 Å². The summed E-state index contributed by atoms with van der Waals surface area (Å²) in [5, 5.41) is 0.338. The Morgan fingerprint density at radius 1 is 0.960 bits per heavy atom. The molecule has 0 spiro atoms. The summed E-state index contributed by atoms with van der Waals surface area (Å²) < 4.78 is 55.2. The topological polar surface area (TPSA) is 29.0 Å². The molecule has 3 aromatic rings. The molecule has 0 saturated carbocycles. The number of hydrogen-bond donors (Lipinski definition) is 0. The molecule has 0 bridgehead atoms. The fourth-order valence-electron chi connectivity index (χ4n) is 3.40. The fraction of sp³-hybridized carbons (Fsp3) is 0.222. The SMILES string of the molecule is Fc1ccc(F)c(C2CCCN2c2ncnc3c(F)c(F)ccc23)c1. The molecular weight excluding hydrogens is 334 g/mol. The molecule has 1 atom stereocenters. The van der Waals surface area contributed by atoms with Crippen LogP contribution in [0.4, 0.5) is 23.4 Å². The molecule has 2 heterocycles. The van der Waals surface area contributed by atoms with Crippen LogP contribution in [-0.2, 0) is 0 Å². The number of anilines is 1. The number of fused-ring (bicyclic) bond motifs is 1. The maximum atomic E-state index is 14.2. The molecule has 2 aromatic carbocycles. The highest BCUT2D eigenvalue weighted by molar-refractivity contribution is 5.90. The van der Waals surface area contributed by atoms with Gasteiger partial charge in [-0.1, -0.05) is 0 Å². The molecule has 0 radical (unpaired) electrons. The van der Waals surface area contributed by atoms with Crippen molar-refractivity contribution in [2.45, 2.75) is 18.9 Å². The molecule has 3 nitrogen and oxygen atoms in total. The lowest BCUT2D eigenvalue weighted by atomic mass is 10.0. The summed E-state index contributed by atoms with van der Waals surface area (Å²) in [4.78, 5) is 9.80. The van der Waals surface area contributed by atoms with E-state index in [0.717, 1.165) is 30.9 Å². The molecular formula is C18H13F4N3. The van der Waals surface area contributed by atoms with Gasteiger partial charge in [-0.15, -0.1) is 0 Å². The van der Waals surface area contributed by atoms with Crippen molar-refractivity contribution in [3.05, 3.63) is 65.5 Å². The number of benzene rings is 2. The molecule has 128 valence electrons. The van der Waals surface area contributed by atoms with Crippen LogP contribution in [0.2, 0.25) is 0 Å². The van der Waals surface area contributed by atoms with Gasteiger partial charge in [0, 0.05) is 17.5 Å². The van der Waals surface area contributed by atoms with Crippen molar-refractivity contribution >= 4 is 16.7 Å². The zero-order valence-corrected chi connectivity index (χ0v) is 13.0. The van der Waals surface area contributed by atoms with Gasteiger partial charge in [0.25, 0.3) is 0 Å². The monoisotopic (exact) mass is 347 g/mol. The number of aromatic nitrogens is 2. The lowest BCUT2D eigenvalue weighted by Crippen LogP contribution is -2.25. The Morgan fingerprint density at radius 2 is 1.76 bits per heavy atom. The minimum absolute atomic E-state index is 0.129. The normalized spacial score (nSPS) is 17.4. The first kappa shape index (κ1) is 15.8. The summed E-state index contributed by atoms with van der Waals surface area (Å²) in [5.74, 6) is -2.69. The second kappa shape index (κ2) is 5.98. The summed E-state index contributed by atoms with van der Waals surface area (Å²) in [6, 6.07) is 5.31. The first-order valence-corrected chi connectivity index (χ1v) is 7.86. The highest BCUT2D eigenvalue weighted by Gasteiger charge is 2.31. The Bertz CT molecular complexity index is 960. The van der Waals surface area contributed by atoms with E-state index in [9.17, 15) is 17.6 Å². The molecule has 1 fully saturated rings. The lowest BCUT2D eigenvalue weighted by Gasteiger charge is -2.27. The minimum atomic E-state index is -1.05. The van der Waals surface area contributed by atoms with Gasteiger partial charge in [-0.3, -0.25) is 0 Å². The van der Waals surface area contributed by atoms with Gasteiger partial charge < -0.3 is 4.90 Å². The molecule has 1 aromatic heterocycles. The molecule has 1 aliphatic heterocycles. The highest BCUT2D eigenvalue weighted by atomic mass is 19.2. The Morgan fingerprint density at radius 3 is 2.60 bits per heavy atom. The maximum absolute atomic E-state index is 14.2. The minimum Gasteiger partial charge on any atom is -0.349 e. The number of rotatable bonds is 2. The van der Waals surface area contributed by atoms with E-state index in [1.165, 1.54) is 12.1 Å². The van der Waals surface area contributed by atoms with Crippen LogP contribution in [0.3, 0.4) is 0 Å². The second-order valence-corrected chi connectivity index (χ2v) is 5.97. The number of nitrogens with zero attached hydrogens (tertiary/aromatic N) is 3. The summed E-state index contributed by atoms with van der Waals surface area (Å²) in [6.45, 7) is 0.547. The molecule has 0 amide bonds. The average Bonchev–Trinajstić information content (AvgIpc) is 3.09. The van der Waals surface area contributed by atoms with Crippen LogP contribution in [0.5, 0.6) is 0 Å². The summed E-state index contributed by atoms with van der Waals surface area (Å²) in [6.07, 6.45) is 2.50. The molecule has 25 heavy (non-hydrogen) atoms. The number of halogens is 4. The summed E-state index contributed by atoms with van der Waals surface area (Å²) >= 11 is 0. The van der Waals surface area contributed by atoms with Crippen molar-refractivity contribution in [2.75, 3.05) is 11.4 Å². The number of hydrogen-bond acceptors (Lipinski definition) is 3. The molecule has 7 heteroatoms. The van der Waals surface area contributed by atoms with Gasteiger partial charge in [0.05, 0.1) is 6.04 Å². The van der Waals surface area contributed by atoms with Crippen molar-refractivity contribution in [1.82, 2.24) is 9.97 Å². The smallest absolute Gasteiger partial charge is 0.185 e. The Balaban J connectivity index is 1.85. The van der Waals surface area contributed by atoms with Gasteiger partial charge in [-0.2, -0.15) is 0 Å². The van der Waals surface area contributed by atoms with Gasteiger partial charge in [0.2, 0.25) is 0 Å². The van der Waals surface area contributed by atoms with Crippen LogP contribution < -0.4 is 4.90 Å². The van der Waals surface area contributed by atoms with E-state index in [4.69, 9.17) is 0 Å². The Kier molecular flexibility index (Phi) is 3.78. The Labute approximate surface area is 140 Å². The summed E-state index contributed by atoms with van der Waals surface area (Å²) in [7, 11) is 0. The standard InChI is InChI=1S/C18H13F4N3/c19-10-3-5-13(20)12(8-10)15-2-1-7-25(15)18-11-4-6-14(21)16(22)17(11)23-9-24-18/h3-6,8-9,15H,1-2,7H2. The van der Waals surface area contributed by atoms with Crippen molar-refractivity contribution in [1.29, 1.82) is 0 Å². The third kappa shape index (κ3) is 2.59. The first-order valence-electron chi connectivity index (χ1n) is 7.86. The van der Waals surface area contributed by atoms with E-state index in [2.05, 4.69) is 9.97 Å². The van der Waals surface area contributed by atoms with Crippen LogP contribution in [0.1, 0.15) is 24.4 Å². The van der Waals surface area contributed by atoms with Crippen LogP contribution >= 0.6 is 0 Å². The van der Waals surface area contributed by atoms with E-state index in [1.807, 2.05) is 0 Å². The molecule has 0 aliphatic carbocycles. The van der Waals surface area contributed by atoms with Crippen molar-refractivity contribution < 1.29 is 17.6 Å². The second-order valence-electron chi connectivity index (χ2n) is 5.97. The quantitative estimate of drug-likeness (QED) is 0.638. The van der Waals surface area contributed by atoms with E-state index >= 15 is 0 Å². The van der Waals surface area contributed by atoms with Crippen molar-refractivity contribution in [3.63, 3.8) is 0 Å². The third-order valence-electron chi connectivity index (χ3n) is 4.52. The molecule has 0 N–H and O–H groups in total. The van der Waals surface area contributed by atoms with Crippen molar-refractivity contribution in [3.8, 4) is 0 Å². The van der Waals surface area contributed by atoms with Crippen LogP contribution in [0.25, 0.3) is 10.9 Å². The largest absolute Gasteiger partial charge is 0.349 e. The zero-order valence-electron chi connectivity index (χ0n) is 13.0. The van der Waals surface area contributed by atoms with E-state index in [0.29, 0.717) is 24.2 Å². The highest BCUT2D eigenvalue weighted by Crippen LogP contribution is 2.39. The predicted molar refractivity (Wildman–Crippen MR) is 85.1 cm³/mol. The van der Waals surface area contributed by atoms with Gasteiger partial charge in [0.1, 0.15) is 29.3 Å². The third-order valence-corrected chi connectivity index (χ3v) is 4.52. The first-order chi connectivity index (χ1) is 12.1. The zero-order chi connectivity index (χ0) is 17.6. The molecule has 1 unspecified atom stereocenters.